The molecule has 3 aromatic rings. The summed E-state index contributed by atoms with van der Waals surface area (Å²) in [5.74, 6) is -0.623. The van der Waals surface area contributed by atoms with Crippen molar-refractivity contribution in [1.29, 1.82) is 0 Å². The molecule has 162 valence electrons. The Morgan fingerprint density at radius 3 is 2.25 bits per heavy atom. The molecule has 4 rings (SSSR count). The summed E-state index contributed by atoms with van der Waals surface area (Å²) in [5.41, 5.74) is 3.86. The van der Waals surface area contributed by atoms with Crippen molar-refractivity contribution in [3.8, 4) is 5.75 Å². The molecule has 5 nitrogen and oxygen atoms in total. The van der Waals surface area contributed by atoms with E-state index in [9.17, 15) is 9.59 Å². The lowest BCUT2D eigenvalue weighted by Gasteiger charge is -2.18. The lowest BCUT2D eigenvalue weighted by molar-refractivity contribution is -0.120. The van der Waals surface area contributed by atoms with Gasteiger partial charge in [-0.1, -0.05) is 59.1 Å². The van der Waals surface area contributed by atoms with E-state index < -0.39 is 11.8 Å². The Balaban J connectivity index is 1.86. The molecule has 0 aromatic heterocycles. The van der Waals surface area contributed by atoms with Crippen molar-refractivity contribution >= 4 is 52.0 Å². The van der Waals surface area contributed by atoms with Crippen LogP contribution in [0.15, 0.2) is 66.4 Å². The quantitative estimate of drug-likeness (QED) is 0.467. The van der Waals surface area contributed by atoms with Gasteiger partial charge in [-0.3, -0.25) is 9.59 Å². The van der Waals surface area contributed by atoms with E-state index in [1.54, 1.807) is 24.3 Å². The average molecular weight is 467 g/mol. The summed E-state index contributed by atoms with van der Waals surface area (Å²) in [6.45, 7) is 3.84. The standard InChI is InChI=1S/C25H20Cl2N2O3/c1-14-4-7-16(8-5-14)22-23(28-18-10-6-15(2)19(27)13-18)25(31)29(24(22)30)20-12-17(26)9-11-21(20)32-3/h4-13,28H,1-3H3. The first-order valence-corrected chi connectivity index (χ1v) is 10.6. The number of hydrogen-bond acceptors (Lipinski definition) is 4. The Hall–Kier alpha value is -3.28. The molecule has 0 unspecified atom stereocenters. The highest BCUT2D eigenvalue weighted by molar-refractivity contribution is 6.46. The van der Waals surface area contributed by atoms with E-state index in [-0.39, 0.29) is 17.0 Å². The molecule has 1 heterocycles. The average Bonchev–Trinajstić information content (AvgIpc) is 3.00. The Morgan fingerprint density at radius 2 is 1.59 bits per heavy atom. The van der Waals surface area contributed by atoms with Gasteiger partial charge >= 0.3 is 0 Å². The molecule has 3 aromatic carbocycles. The number of halogens is 2. The fraction of sp³-hybridized carbons (Fsp3) is 0.120. The first-order valence-electron chi connectivity index (χ1n) is 9.87. The van der Waals surface area contributed by atoms with E-state index in [1.807, 2.05) is 44.2 Å². The van der Waals surface area contributed by atoms with E-state index in [0.29, 0.717) is 27.0 Å². The fourth-order valence-electron chi connectivity index (χ4n) is 3.51. The maximum Gasteiger partial charge on any atom is 0.282 e. The lowest BCUT2D eigenvalue weighted by Crippen LogP contribution is -2.32. The highest BCUT2D eigenvalue weighted by atomic mass is 35.5. The molecule has 1 N–H and O–H groups in total. The molecule has 1 aliphatic rings. The number of nitrogens with one attached hydrogen (secondary N) is 1. The van der Waals surface area contributed by atoms with E-state index in [0.717, 1.165) is 16.0 Å². The molecule has 0 saturated carbocycles. The minimum absolute atomic E-state index is 0.154. The van der Waals surface area contributed by atoms with E-state index in [4.69, 9.17) is 27.9 Å². The number of nitrogens with zero attached hydrogens (tertiary/aromatic N) is 1. The molecule has 0 atom stereocenters. The number of ether oxygens (including phenoxy) is 1. The van der Waals surface area contributed by atoms with Crippen LogP contribution in [0.4, 0.5) is 11.4 Å². The van der Waals surface area contributed by atoms with Crippen LogP contribution in [-0.4, -0.2) is 18.9 Å². The summed E-state index contributed by atoms with van der Waals surface area (Å²) in [4.78, 5) is 28.2. The monoisotopic (exact) mass is 466 g/mol. The molecule has 0 bridgehead atoms. The second-order valence-corrected chi connectivity index (χ2v) is 8.31. The summed E-state index contributed by atoms with van der Waals surface area (Å²) in [6.07, 6.45) is 0. The van der Waals surface area contributed by atoms with Gasteiger partial charge in [-0.15, -0.1) is 0 Å². The molecule has 0 spiro atoms. The van der Waals surface area contributed by atoms with Gasteiger partial charge in [-0.2, -0.15) is 0 Å². The maximum atomic E-state index is 13.6. The Kier molecular flexibility index (Phi) is 5.96. The van der Waals surface area contributed by atoms with Crippen LogP contribution in [0, 0.1) is 13.8 Å². The number of hydrogen-bond donors (Lipinski definition) is 1. The topological polar surface area (TPSA) is 58.6 Å². The highest BCUT2D eigenvalue weighted by Crippen LogP contribution is 2.39. The molecule has 32 heavy (non-hydrogen) atoms. The van der Waals surface area contributed by atoms with Gasteiger partial charge in [0.1, 0.15) is 11.4 Å². The van der Waals surface area contributed by atoms with Gasteiger partial charge in [0.25, 0.3) is 11.8 Å². The Labute approximate surface area is 196 Å². The minimum atomic E-state index is -0.511. The predicted octanol–water partition coefficient (Wildman–Crippen LogP) is 6.02. The van der Waals surface area contributed by atoms with Crippen molar-refractivity contribution in [2.75, 3.05) is 17.3 Å². The van der Waals surface area contributed by atoms with Crippen molar-refractivity contribution in [2.45, 2.75) is 13.8 Å². The zero-order valence-corrected chi connectivity index (χ0v) is 19.2. The maximum absolute atomic E-state index is 13.6. The number of amides is 2. The van der Waals surface area contributed by atoms with Crippen molar-refractivity contribution < 1.29 is 14.3 Å². The molecule has 0 fully saturated rings. The van der Waals surface area contributed by atoms with Crippen molar-refractivity contribution in [1.82, 2.24) is 0 Å². The molecule has 0 radical (unpaired) electrons. The summed E-state index contributed by atoms with van der Waals surface area (Å²) < 4.78 is 5.39. The van der Waals surface area contributed by atoms with Crippen LogP contribution in [0.2, 0.25) is 10.0 Å². The molecule has 0 aliphatic carbocycles. The van der Waals surface area contributed by atoms with Crippen LogP contribution in [-0.2, 0) is 9.59 Å². The van der Waals surface area contributed by atoms with E-state index in [1.165, 1.54) is 13.2 Å². The largest absolute Gasteiger partial charge is 0.495 e. The van der Waals surface area contributed by atoms with Gasteiger partial charge in [0.2, 0.25) is 0 Å². The van der Waals surface area contributed by atoms with Crippen LogP contribution in [0.5, 0.6) is 5.75 Å². The summed E-state index contributed by atoms with van der Waals surface area (Å²) in [5, 5.41) is 4.05. The predicted molar refractivity (Wildman–Crippen MR) is 128 cm³/mol. The van der Waals surface area contributed by atoms with Gasteiger partial charge in [0, 0.05) is 15.7 Å². The number of benzene rings is 3. The second-order valence-electron chi connectivity index (χ2n) is 7.47. The van der Waals surface area contributed by atoms with Gasteiger partial charge in [0.05, 0.1) is 18.4 Å². The minimum Gasteiger partial charge on any atom is -0.495 e. The van der Waals surface area contributed by atoms with Crippen molar-refractivity contribution in [3.05, 3.63) is 93.1 Å². The highest BCUT2D eigenvalue weighted by Gasteiger charge is 2.41. The van der Waals surface area contributed by atoms with Crippen LogP contribution >= 0.6 is 23.2 Å². The molecule has 0 saturated heterocycles. The van der Waals surface area contributed by atoms with Crippen LogP contribution in [0.3, 0.4) is 0 Å². The van der Waals surface area contributed by atoms with Gasteiger partial charge < -0.3 is 10.1 Å². The number of carbonyl (C=O) groups excluding carboxylic acids is 2. The number of anilines is 2. The van der Waals surface area contributed by atoms with Crippen LogP contribution in [0.25, 0.3) is 5.57 Å². The fourth-order valence-corrected chi connectivity index (χ4v) is 3.85. The second kappa shape index (κ2) is 8.69. The Bertz CT molecular complexity index is 1270. The first-order chi connectivity index (χ1) is 15.3. The van der Waals surface area contributed by atoms with Gasteiger partial charge in [0.15, 0.2) is 0 Å². The number of carbonyl (C=O) groups is 2. The smallest absolute Gasteiger partial charge is 0.282 e. The normalized spacial score (nSPS) is 13.7. The number of imide groups is 1. The van der Waals surface area contributed by atoms with E-state index >= 15 is 0 Å². The van der Waals surface area contributed by atoms with Crippen molar-refractivity contribution in [2.24, 2.45) is 0 Å². The van der Waals surface area contributed by atoms with Gasteiger partial charge in [-0.05, 0) is 55.3 Å². The third kappa shape index (κ3) is 3.97. The lowest BCUT2D eigenvalue weighted by atomic mass is 10.0. The zero-order chi connectivity index (χ0) is 23.0. The Morgan fingerprint density at radius 1 is 0.875 bits per heavy atom. The van der Waals surface area contributed by atoms with Gasteiger partial charge in [-0.25, -0.2) is 4.90 Å². The van der Waals surface area contributed by atoms with Crippen LogP contribution in [0.1, 0.15) is 16.7 Å². The third-order valence-corrected chi connectivity index (χ3v) is 5.89. The summed E-state index contributed by atoms with van der Waals surface area (Å²) in [7, 11) is 1.47. The third-order valence-electron chi connectivity index (χ3n) is 5.25. The number of methoxy groups -OCH3 is 1. The molecule has 2 amide bonds. The van der Waals surface area contributed by atoms with Crippen LogP contribution < -0.4 is 15.0 Å². The SMILES string of the molecule is COc1ccc(Cl)cc1N1C(=O)C(Nc2ccc(C)c(Cl)c2)=C(c2ccc(C)cc2)C1=O. The summed E-state index contributed by atoms with van der Waals surface area (Å²) in [6, 6.07) is 17.6. The molecule has 1 aliphatic heterocycles. The zero-order valence-electron chi connectivity index (χ0n) is 17.7. The molecular formula is C25H20Cl2N2O3. The number of aryl methyl sites for hydroxylation is 2. The molecule has 7 heteroatoms. The molecular weight excluding hydrogens is 447 g/mol. The number of rotatable bonds is 5. The first kappa shape index (κ1) is 21.9. The van der Waals surface area contributed by atoms with Crippen molar-refractivity contribution in [3.63, 3.8) is 0 Å². The summed E-state index contributed by atoms with van der Waals surface area (Å²) >= 11 is 12.4. The van der Waals surface area contributed by atoms with E-state index in [2.05, 4.69) is 5.32 Å².